The van der Waals surface area contributed by atoms with Crippen molar-refractivity contribution >= 4 is 40.4 Å². The lowest BCUT2D eigenvalue weighted by molar-refractivity contribution is -0.112. The summed E-state index contributed by atoms with van der Waals surface area (Å²) >= 11 is 2.58. The molecule has 0 aliphatic rings. The van der Waals surface area contributed by atoms with E-state index in [-0.39, 0.29) is 17.1 Å². The Kier molecular flexibility index (Phi) is 8.24. The summed E-state index contributed by atoms with van der Waals surface area (Å²) < 4.78 is 9.37. The molecule has 152 valence electrons. The van der Waals surface area contributed by atoms with Gasteiger partial charge in [-0.3, -0.25) is 10.1 Å². The lowest BCUT2D eigenvalue weighted by Crippen LogP contribution is -2.13. The minimum Gasteiger partial charge on any atom is -0.504 e. The number of benzene rings is 1. The number of phenolic OH excluding ortho intramolecular Hbond substituents is 1. The second-order valence-corrected chi connectivity index (χ2v) is 8.17. The average Bonchev–Trinajstić information content (AvgIpc) is 3.14. The third kappa shape index (κ3) is 6.34. The van der Waals surface area contributed by atoms with Crippen molar-refractivity contribution in [3.05, 3.63) is 41.5 Å². The first kappa shape index (κ1) is 22.5. The van der Waals surface area contributed by atoms with Gasteiger partial charge in [-0.25, -0.2) is 0 Å². The van der Waals surface area contributed by atoms with Crippen molar-refractivity contribution in [1.29, 1.82) is 5.26 Å². The van der Waals surface area contributed by atoms with E-state index < -0.39 is 5.91 Å². The molecule has 0 atom stereocenters. The number of amides is 1. The Bertz CT molecular complexity index is 961. The Morgan fingerprint density at radius 3 is 2.90 bits per heavy atom. The standard InChI is InChI=1S/C20H22N4O3S2/c1-5-6-14-7-13(9-16(27-4)17(14)25)8-15(10-21)18(26)22-19-23-20(24-29-19)28-11-12(2)3/h5,7-9,12,25H,1,6,11H2,2-4H3,(H,22,23,24,26)/b15-8-. The maximum Gasteiger partial charge on any atom is 0.268 e. The first-order valence-corrected chi connectivity index (χ1v) is 10.5. The van der Waals surface area contributed by atoms with Gasteiger partial charge in [-0.2, -0.15) is 14.6 Å². The number of carbonyl (C=O) groups is 1. The average molecular weight is 431 g/mol. The Hall–Kier alpha value is -2.83. The molecule has 29 heavy (non-hydrogen) atoms. The minimum atomic E-state index is -0.582. The van der Waals surface area contributed by atoms with Crippen LogP contribution in [0.2, 0.25) is 0 Å². The lowest BCUT2D eigenvalue weighted by atomic mass is 10.0. The Labute approximate surface area is 178 Å². The number of rotatable bonds is 9. The Morgan fingerprint density at radius 2 is 2.28 bits per heavy atom. The van der Waals surface area contributed by atoms with Crippen molar-refractivity contribution in [3.8, 4) is 17.6 Å². The SMILES string of the molecule is C=CCc1cc(/C=C(/C#N)C(=O)Nc2nc(SCC(C)C)ns2)cc(OC)c1O. The number of aromatic nitrogens is 2. The third-order valence-electron chi connectivity index (χ3n) is 3.61. The first-order valence-electron chi connectivity index (χ1n) is 8.78. The van der Waals surface area contributed by atoms with Crippen molar-refractivity contribution in [2.75, 3.05) is 18.2 Å². The summed E-state index contributed by atoms with van der Waals surface area (Å²) in [6.07, 6.45) is 3.49. The number of allylic oxidation sites excluding steroid dienone is 1. The van der Waals surface area contributed by atoms with E-state index in [4.69, 9.17) is 4.74 Å². The van der Waals surface area contributed by atoms with Gasteiger partial charge in [0.05, 0.1) is 7.11 Å². The van der Waals surface area contributed by atoms with E-state index >= 15 is 0 Å². The van der Waals surface area contributed by atoms with Crippen LogP contribution in [-0.2, 0) is 11.2 Å². The van der Waals surface area contributed by atoms with E-state index in [1.54, 1.807) is 18.2 Å². The molecular weight excluding hydrogens is 408 g/mol. The van der Waals surface area contributed by atoms with Crippen LogP contribution in [0.4, 0.5) is 5.13 Å². The zero-order valence-corrected chi connectivity index (χ0v) is 18.1. The van der Waals surface area contributed by atoms with Crippen LogP contribution in [0.1, 0.15) is 25.0 Å². The summed E-state index contributed by atoms with van der Waals surface area (Å²) in [4.78, 5) is 16.7. The number of anilines is 1. The first-order chi connectivity index (χ1) is 13.9. The number of nitrogens with one attached hydrogen (secondary N) is 1. The molecule has 9 heteroatoms. The highest BCUT2D eigenvalue weighted by molar-refractivity contribution is 7.99. The number of phenols is 1. The fourth-order valence-electron chi connectivity index (χ4n) is 2.28. The number of nitriles is 1. The smallest absolute Gasteiger partial charge is 0.268 e. The molecule has 1 heterocycles. The van der Waals surface area contributed by atoms with Crippen molar-refractivity contribution < 1.29 is 14.6 Å². The van der Waals surface area contributed by atoms with E-state index in [0.717, 1.165) is 17.3 Å². The van der Waals surface area contributed by atoms with Crippen LogP contribution in [-0.4, -0.2) is 33.2 Å². The predicted octanol–water partition coefficient (Wildman–Crippen LogP) is 4.27. The number of hydrogen-bond donors (Lipinski definition) is 2. The summed E-state index contributed by atoms with van der Waals surface area (Å²) in [6.45, 7) is 7.87. The zero-order chi connectivity index (χ0) is 21.4. The molecule has 0 aliphatic carbocycles. The van der Waals surface area contributed by atoms with Gasteiger partial charge in [-0.1, -0.05) is 31.7 Å². The van der Waals surface area contributed by atoms with Crippen molar-refractivity contribution in [2.45, 2.75) is 25.4 Å². The van der Waals surface area contributed by atoms with Gasteiger partial charge < -0.3 is 9.84 Å². The van der Waals surface area contributed by atoms with Crippen LogP contribution < -0.4 is 10.1 Å². The molecule has 0 saturated heterocycles. The third-order valence-corrected chi connectivity index (χ3v) is 5.63. The second kappa shape index (κ2) is 10.6. The number of carbonyl (C=O) groups excluding carboxylic acids is 1. The molecule has 0 spiro atoms. The van der Waals surface area contributed by atoms with E-state index in [2.05, 4.69) is 35.1 Å². The second-order valence-electron chi connectivity index (χ2n) is 6.43. The summed E-state index contributed by atoms with van der Waals surface area (Å²) in [6, 6.07) is 5.13. The van der Waals surface area contributed by atoms with Crippen LogP contribution in [0.15, 0.2) is 35.5 Å². The van der Waals surface area contributed by atoms with Gasteiger partial charge in [0.15, 0.2) is 11.5 Å². The van der Waals surface area contributed by atoms with Gasteiger partial charge in [-0.05, 0) is 36.1 Å². The van der Waals surface area contributed by atoms with Gasteiger partial charge in [-0.15, -0.1) is 6.58 Å². The van der Waals surface area contributed by atoms with Crippen LogP contribution in [0.3, 0.4) is 0 Å². The van der Waals surface area contributed by atoms with Crippen molar-refractivity contribution in [2.24, 2.45) is 5.92 Å². The summed E-state index contributed by atoms with van der Waals surface area (Å²) in [7, 11) is 1.43. The predicted molar refractivity (Wildman–Crippen MR) is 116 cm³/mol. The van der Waals surface area contributed by atoms with Crippen LogP contribution in [0.5, 0.6) is 11.5 Å². The van der Waals surface area contributed by atoms with Crippen molar-refractivity contribution in [3.63, 3.8) is 0 Å². The fourth-order valence-corrected chi connectivity index (χ4v) is 3.77. The highest BCUT2D eigenvalue weighted by atomic mass is 32.2. The summed E-state index contributed by atoms with van der Waals surface area (Å²) in [5.74, 6) is 1.06. The molecule has 2 aromatic rings. The maximum atomic E-state index is 12.5. The van der Waals surface area contributed by atoms with E-state index in [1.807, 2.05) is 6.07 Å². The molecule has 2 rings (SSSR count). The maximum absolute atomic E-state index is 12.5. The molecule has 7 nitrogen and oxygen atoms in total. The summed E-state index contributed by atoms with van der Waals surface area (Å²) in [5.41, 5.74) is 1.03. The molecule has 0 radical (unpaired) electrons. The van der Waals surface area contributed by atoms with Crippen LogP contribution >= 0.6 is 23.3 Å². The number of thioether (sulfide) groups is 1. The number of nitrogens with zero attached hydrogens (tertiary/aromatic N) is 3. The quantitative estimate of drug-likeness (QED) is 0.265. The Morgan fingerprint density at radius 1 is 1.52 bits per heavy atom. The van der Waals surface area contributed by atoms with Gasteiger partial charge in [0, 0.05) is 22.8 Å². The normalized spacial score (nSPS) is 11.2. The van der Waals surface area contributed by atoms with Crippen molar-refractivity contribution in [1.82, 2.24) is 9.36 Å². The van der Waals surface area contributed by atoms with E-state index in [9.17, 15) is 15.2 Å². The number of hydrogen-bond acceptors (Lipinski definition) is 8. The number of methoxy groups -OCH3 is 1. The van der Waals surface area contributed by atoms with Gasteiger partial charge in [0.25, 0.3) is 5.91 Å². The highest BCUT2D eigenvalue weighted by Gasteiger charge is 2.15. The molecule has 2 N–H and O–H groups in total. The molecule has 0 unspecified atom stereocenters. The molecule has 0 bridgehead atoms. The summed E-state index contributed by atoms with van der Waals surface area (Å²) in [5, 5.41) is 23.1. The monoisotopic (exact) mass is 430 g/mol. The van der Waals surface area contributed by atoms with Crippen LogP contribution in [0, 0.1) is 17.2 Å². The van der Waals surface area contributed by atoms with Gasteiger partial charge in [0.1, 0.15) is 11.6 Å². The number of ether oxygens (including phenoxy) is 1. The minimum absolute atomic E-state index is 0.00722. The van der Waals surface area contributed by atoms with Gasteiger partial charge in [0.2, 0.25) is 10.3 Å². The number of aromatic hydroxyl groups is 1. The van der Waals surface area contributed by atoms with E-state index in [1.165, 1.54) is 24.9 Å². The molecule has 1 aromatic carbocycles. The fraction of sp³-hybridized carbons (Fsp3) is 0.300. The zero-order valence-electron chi connectivity index (χ0n) is 16.4. The van der Waals surface area contributed by atoms with Gasteiger partial charge >= 0.3 is 0 Å². The Balaban J connectivity index is 2.21. The molecule has 1 amide bonds. The molecule has 0 fully saturated rings. The molecule has 1 aromatic heterocycles. The van der Waals surface area contributed by atoms with Crippen LogP contribution in [0.25, 0.3) is 6.08 Å². The largest absolute Gasteiger partial charge is 0.504 e. The highest BCUT2D eigenvalue weighted by Crippen LogP contribution is 2.33. The molecule has 0 aliphatic heterocycles. The van der Waals surface area contributed by atoms with E-state index in [0.29, 0.717) is 33.8 Å². The molecule has 0 saturated carbocycles. The topological polar surface area (TPSA) is 108 Å². The lowest BCUT2D eigenvalue weighted by Gasteiger charge is -2.09. The molecular formula is C20H22N4O3S2.